The minimum absolute atomic E-state index is 0. The van der Waals surface area contributed by atoms with E-state index >= 15 is 0 Å². The van der Waals surface area contributed by atoms with Crippen LogP contribution >= 0.6 is 24.0 Å². The van der Waals surface area contributed by atoms with E-state index in [2.05, 4.69) is 32.7 Å². The molecule has 1 heterocycles. The van der Waals surface area contributed by atoms with Gasteiger partial charge in [0.05, 0.1) is 0 Å². The second-order valence-corrected chi connectivity index (χ2v) is 6.47. The normalized spacial score (nSPS) is 14.3. The van der Waals surface area contributed by atoms with Crippen molar-refractivity contribution < 1.29 is 4.74 Å². The Bertz CT molecular complexity index is 515. The maximum Gasteiger partial charge on any atom is 0.191 e. The molecule has 0 aliphatic heterocycles. The smallest absolute Gasteiger partial charge is 0.191 e. The second kappa shape index (κ2) is 12.5. The van der Waals surface area contributed by atoms with E-state index in [1.165, 1.54) is 12.8 Å². The summed E-state index contributed by atoms with van der Waals surface area (Å²) in [7, 11) is 1.97. The summed E-state index contributed by atoms with van der Waals surface area (Å²) in [5, 5.41) is 15.0. The van der Waals surface area contributed by atoms with Crippen LogP contribution in [0, 0.1) is 12.8 Å². The molecule has 8 heteroatoms. The Morgan fingerprint density at radius 2 is 1.96 bits per heavy atom. The molecule has 144 valence electrons. The first-order chi connectivity index (χ1) is 11.7. The number of nitrogens with one attached hydrogen (secondary N) is 2. The molecular weight excluding hydrogens is 431 g/mol. The van der Waals surface area contributed by atoms with Crippen LogP contribution in [0.4, 0.5) is 0 Å². The number of aryl methyl sites for hydroxylation is 1. The van der Waals surface area contributed by atoms with Crippen molar-refractivity contribution in [3.63, 3.8) is 0 Å². The number of nitrogens with zero attached hydrogens (tertiary/aromatic N) is 4. The number of unbranched alkanes of at least 4 members (excludes halogenated alkanes) is 1. The summed E-state index contributed by atoms with van der Waals surface area (Å²) >= 11 is 0. The van der Waals surface area contributed by atoms with E-state index in [9.17, 15) is 0 Å². The molecule has 7 nitrogen and oxygen atoms in total. The molecule has 1 saturated carbocycles. The molecule has 0 aromatic carbocycles. The summed E-state index contributed by atoms with van der Waals surface area (Å²) in [5.74, 6) is 3.45. The minimum Gasteiger partial charge on any atom is -0.381 e. The van der Waals surface area contributed by atoms with Crippen molar-refractivity contribution in [2.75, 3.05) is 26.3 Å². The molecule has 0 spiro atoms. The number of aliphatic imine (C=N–C) groups is 1. The van der Waals surface area contributed by atoms with E-state index in [0.29, 0.717) is 6.54 Å². The monoisotopic (exact) mass is 464 g/mol. The molecule has 0 amide bonds. The summed E-state index contributed by atoms with van der Waals surface area (Å²) in [6, 6.07) is 0. The molecule has 0 atom stereocenters. The van der Waals surface area contributed by atoms with Crippen LogP contribution in [0.5, 0.6) is 0 Å². The van der Waals surface area contributed by atoms with E-state index in [1.54, 1.807) is 0 Å². The van der Waals surface area contributed by atoms with Crippen LogP contribution in [0.1, 0.15) is 50.7 Å². The second-order valence-electron chi connectivity index (χ2n) is 6.47. The molecule has 25 heavy (non-hydrogen) atoms. The number of halogens is 1. The lowest BCUT2D eigenvalue weighted by Gasteiger charge is -2.12. The molecule has 1 fully saturated rings. The Hall–Kier alpha value is -0.900. The first-order valence-electron chi connectivity index (χ1n) is 9.15. The Balaban J connectivity index is 0.00000312. The maximum absolute atomic E-state index is 5.66. The lowest BCUT2D eigenvalue weighted by Crippen LogP contribution is -2.38. The zero-order valence-corrected chi connectivity index (χ0v) is 18.1. The first-order valence-corrected chi connectivity index (χ1v) is 9.15. The quantitative estimate of drug-likeness (QED) is 0.228. The van der Waals surface area contributed by atoms with E-state index < -0.39 is 0 Å². The molecule has 2 N–H and O–H groups in total. The van der Waals surface area contributed by atoms with Crippen LogP contribution in [0.25, 0.3) is 0 Å². The van der Waals surface area contributed by atoms with Crippen molar-refractivity contribution in [1.29, 1.82) is 0 Å². The summed E-state index contributed by atoms with van der Waals surface area (Å²) in [6.07, 6.45) is 5.98. The highest BCUT2D eigenvalue weighted by Crippen LogP contribution is 2.28. The van der Waals surface area contributed by atoms with E-state index in [4.69, 9.17) is 4.74 Å². The third kappa shape index (κ3) is 8.84. The highest BCUT2D eigenvalue weighted by Gasteiger charge is 2.20. The minimum atomic E-state index is 0. The van der Waals surface area contributed by atoms with Gasteiger partial charge in [0.25, 0.3) is 0 Å². The topological polar surface area (TPSA) is 76.4 Å². The van der Waals surface area contributed by atoms with Gasteiger partial charge in [-0.05, 0) is 38.5 Å². The third-order valence-corrected chi connectivity index (χ3v) is 4.19. The first kappa shape index (κ1) is 22.1. The van der Waals surface area contributed by atoms with Gasteiger partial charge in [-0.3, -0.25) is 0 Å². The average Bonchev–Trinajstić information content (AvgIpc) is 3.35. The van der Waals surface area contributed by atoms with Crippen LogP contribution < -0.4 is 10.6 Å². The van der Waals surface area contributed by atoms with Gasteiger partial charge >= 0.3 is 0 Å². The van der Waals surface area contributed by atoms with Crippen LogP contribution in [-0.2, 0) is 18.3 Å². The average molecular weight is 464 g/mol. The van der Waals surface area contributed by atoms with Gasteiger partial charge in [0.2, 0.25) is 0 Å². The fraction of sp³-hybridized carbons (Fsp3) is 0.824. The standard InChI is InChI=1S/C17H32N6O.HI/c1-4-5-9-18-17(19-10-6-11-24-13-15-7-8-15)20-12-16-22-21-14(2)23(16)3;/h15H,4-13H2,1-3H3,(H2,18,19,20);1H. The van der Waals surface area contributed by atoms with Gasteiger partial charge in [-0.15, -0.1) is 34.2 Å². The maximum atomic E-state index is 5.66. The fourth-order valence-corrected chi connectivity index (χ4v) is 2.21. The van der Waals surface area contributed by atoms with Crippen molar-refractivity contribution in [3.8, 4) is 0 Å². The third-order valence-electron chi connectivity index (χ3n) is 4.19. The SMILES string of the molecule is CCCCNC(=NCc1nnc(C)n1C)NCCCOCC1CC1.I. The number of aromatic nitrogens is 3. The van der Waals surface area contributed by atoms with E-state index in [0.717, 1.165) is 69.1 Å². The molecule has 1 aliphatic rings. The predicted molar refractivity (Wildman–Crippen MR) is 111 cm³/mol. The van der Waals surface area contributed by atoms with Gasteiger partial charge in [-0.1, -0.05) is 13.3 Å². The molecule has 0 radical (unpaired) electrons. The van der Waals surface area contributed by atoms with Crippen molar-refractivity contribution in [3.05, 3.63) is 11.6 Å². The molecule has 2 rings (SSSR count). The van der Waals surface area contributed by atoms with Crippen molar-refractivity contribution in [1.82, 2.24) is 25.4 Å². The molecule has 0 bridgehead atoms. The zero-order chi connectivity index (χ0) is 17.2. The van der Waals surface area contributed by atoms with Crippen molar-refractivity contribution in [2.45, 2.75) is 52.5 Å². The summed E-state index contributed by atoms with van der Waals surface area (Å²) in [5.41, 5.74) is 0. The molecule has 1 aliphatic carbocycles. The Morgan fingerprint density at radius 1 is 1.24 bits per heavy atom. The van der Waals surface area contributed by atoms with E-state index in [-0.39, 0.29) is 24.0 Å². The summed E-state index contributed by atoms with van der Waals surface area (Å²) in [4.78, 5) is 4.63. The van der Waals surface area contributed by atoms with Crippen molar-refractivity contribution >= 4 is 29.9 Å². The lowest BCUT2D eigenvalue weighted by molar-refractivity contribution is 0.123. The number of ether oxygens (including phenoxy) is 1. The molecular formula is C17H33IN6O. The number of hydrogen-bond donors (Lipinski definition) is 2. The van der Waals surface area contributed by atoms with Gasteiger partial charge in [-0.2, -0.15) is 0 Å². The van der Waals surface area contributed by atoms with Gasteiger partial charge in [0.1, 0.15) is 12.4 Å². The van der Waals surface area contributed by atoms with Crippen LogP contribution in [0.3, 0.4) is 0 Å². The fourth-order valence-electron chi connectivity index (χ4n) is 2.21. The number of hydrogen-bond acceptors (Lipinski definition) is 4. The van der Waals surface area contributed by atoms with Crippen LogP contribution in [0.2, 0.25) is 0 Å². The lowest BCUT2D eigenvalue weighted by atomic mass is 10.3. The summed E-state index contributed by atoms with van der Waals surface area (Å²) in [6.45, 7) is 8.19. The largest absolute Gasteiger partial charge is 0.381 e. The number of rotatable bonds is 11. The predicted octanol–water partition coefficient (Wildman–Crippen LogP) is 2.39. The Kier molecular flexibility index (Phi) is 11.0. The van der Waals surface area contributed by atoms with Gasteiger partial charge in [0.15, 0.2) is 11.8 Å². The van der Waals surface area contributed by atoms with Crippen LogP contribution in [0.15, 0.2) is 4.99 Å². The van der Waals surface area contributed by atoms with Gasteiger partial charge in [-0.25, -0.2) is 4.99 Å². The Morgan fingerprint density at radius 3 is 2.56 bits per heavy atom. The van der Waals surface area contributed by atoms with Crippen LogP contribution in [-0.4, -0.2) is 47.0 Å². The molecule has 1 aromatic rings. The van der Waals surface area contributed by atoms with Gasteiger partial charge in [0, 0.05) is 33.4 Å². The van der Waals surface area contributed by atoms with Crippen molar-refractivity contribution in [2.24, 2.45) is 18.0 Å². The van der Waals surface area contributed by atoms with E-state index in [1.807, 2.05) is 18.5 Å². The Labute approximate surface area is 168 Å². The highest BCUT2D eigenvalue weighted by atomic mass is 127. The highest BCUT2D eigenvalue weighted by molar-refractivity contribution is 14.0. The molecule has 1 aromatic heterocycles. The number of guanidine groups is 1. The molecule has 0 saturated heterocycles. The zero-order valence-electron chi connectivity index (χ0n) is 15.8. The molecule has 0 unspecified atom stereocenters. The van der Waals surface area contributed by atoms with Gasteiger partial charge < -0.3 is 19.9 Å². The summed E-state index contributed by atoms with van der Waals surface area (Å²) < 4.78 is 7.63.